The molecule has 3 aromatic rings. The highest BCUT2D eigenvalue weighted by Gasteiger charge is 2.28. The number of hydrogen-bond acceptors (Lipinski definition) is 3. The monoisotopic (exact) mass is 356 g/mol. The molecule has 0 saturated heterocycles. The Hall–Kier alpha value is -3.33. The van der Waals surface area contributed by atoms with Crippen LogP contribution in [0.5, 0.6) is 11.5 Å². The summed E-state index contributed by atoms with van der Waals surface area (Å²) in [7, 11) is 1.65. The van der Waals surface area contributed by atoms with Crippen molar-refractivity contribution < 1.29 is 14.3 Å². The maximum absolute atomic E-state index is 12.8. The average molecular weight is 356 g/mol. The molecule has 27 heavy (non-hydrogen) atoms. The molecule has 3 nitrogen and oxygen atoms in total. The molecule has 1 heterocycles. The minimum Gasteiger partial charge on any atom is -0.496 e. The maximum Gasteiger partial charge on any atom is 0.166 e. The van der Waals surface area contributed by atoms with E-state index in [0.29, 0.717) is 5.56 Å². The molecule has 0 aliphatic carbocycles. The van der Waals surface area contributed by atoms with Gasteiger partial charge in [0, 0.05) is 11.1 Å². The number of fused-ring (bicyclic) bond motifs is 1. The lowest BCUT2D eigenvalue weighted by Gasteiger charge is -2.28. The summed E-state index contributed by atoms with van der Waals surface area (Å²) in [5.41, 5.74) is 3.63. The third-order valence-corrected chi connectivity index (χ3v) is 4.74. The number of carbonyl (C=O) groups excluding carboxylic acids is 1. The van der Waals surface area contributed by atoms with Crippen LogP contribution in [0.25, 0.3) is 11.6 Å². The Bertz CT molecular complexity index is 975. The van der Waals surface area contributed by atoms with Crippen LogP contribution < -0.4 is 9.47 Å². The van der Waals surface area contributed by atoms with Crippen LogP contribution in [0, 0.1) is 0 Å². The first-order valence-corrected chi connectivity index (χ1v) is 8.95. The molecule has 0 fully saturated rings. The fourth-order valence-corrected chi connectivity index (χ4v) is 3.37. The van der Waals surface area contributed by atoms with Crippen LogP contribution in [0.15, 0.2) is 78.9 Å². The van der Waals surface area contributed by atoms with Gasteiger partial charge in [-0.1, -0.05) is 66.7 Å². The topological polar surface area (TPSA) is 35.5 Å². The lowest BCUT2D eigenvalue weighted by atomic mass is 9.91. The molecule has 4 rings (SSSR count). The number of benzene rings is 3. The molecule has 0 spiro atoms. The van der Waals surface area contributed by atoms with E-state index in [0.717, 1.165) is 28.2 Å². The molecule has 1 atom stereocenters. The van der Waals surface area contributed by atoms with Crippen molar-refractivity contribution in [2.45, 2.75) is 12.5 Å². The van der Waals surface area contributed by atoms with Crippen molar-refractivity contribution in [3.05, 3.63) is 95.6 Å². The molecule has 1 unspecified atom stereocenters. The van der Waals surface area contributed by atoms with Gasteiger partial charge in [0.15, 0.2) is 5.78 Å². The Morgan fingerprint density at radius 2 is 1.63 bits per heavy atom. The molecule has 0 radical (unpaired) electrons. The van der Waals surface area contributed by atoms with Gasteiger partial charge in [-0.25, -0.2) is 0 Å². The van der Waals surface area contributed by atoms with E-state index >= 15 is 0 Å². The molecular weight excluding hydrogens is 336 g/mol. The molecule has 1 aliphatic rings. The molecule has 0 bridgehead atoms. The summed E-state index contributed by atoms with van der Waals surface area (Å²) < 4.78 is 11.8. The number of Topliss-reactive ketones (excluding diaryl/α,β-unsaturated/α-hetero) is 1. The van der Waals surface area contributed by atoms with Gasteiger partial charge in [0.05, 0.1) is 19.1 Å². The number of rotatable bonds is 5. The van der Waals surface area contributed by atoms with Crippen molar-refractivity contribution in [1.82, 2.24) is 0 Å². The molecule has 0 N–H and O–H groups in total. The van der Waals surface area contributed by atoms with Crippen LogP contribution in [-0.2, 0) is 0 Å². The first kappa shape index (κ1) is 17.1. The van der Waals surface area contributed by atoms with Gasteiger partial charge in [0.25, 0.3) is 0 Å². The lowest BCUT2D eigenvalue weighted by molar-refractivity contribution is 0.0939. The summed E-state index contributed by atoms with van der Waals surface area (Å²) in [5.74, 6) is 1.56. The van der Waals surface area contributed by atoms with E-state index in [4.69, 9.17) is 9.47 Å². The second-order valence-corrected chi connectivity index (χ2v) is 6.44. The first-order chi connectivity index (χ1) is 13.3. The van der Waals surface area contributed by atoms with Crippen molar-refractivity contribution in [1.29, 1.82) is 0 Å². The van der Waals surface area contributed by atoms with E-state index in [1.165, 1.54) is 0 Å². The van der Waals surface area contributed by atoms with Crippen molar-refractivity contribution in [2.75, 3.05) is 7.11 Å². The van der Waals surface area contributed by atoms with Gasteiger partial charge in [-0.3, -0.25) is 4.79 Å². The van der Waals surface area contributed by atoms with E-state index in [1.54, 1.807) is 7.11 Å². The molecular formula is C24H20O3. The average Bonchev–Trinajstić information content (AvgIpc) is 2.74. The minimum atomic E-state index is -0.347. The van der Waals surface area contributed by atoms with Gasteiger partial charge >= 0.3 is 0 Å². The summed E-state index contributed by atoms with van der Waals surface area (Å²) in [5, 5.41) is 0. The van der Waals surface area contributed by atoms with Crippen LogP contribution in [0.4, 0.5) is 0 Å². The normalized spacial score (nSPS) is 15.3. The zero-order valence-corrected chi connectivity index (χ0v) is 15.1. The number of carbonyl (C=O) groups is 1. The number of ketones is 1. The molecule has 1 aliphatic heterocycles. The van der Waals surface area contributed by atoms with E-state index in [1.807, 2.05) is 78.9 Å². The largest absolute Gasteiger partial charge is 0.496 e. The smallest absolute Gasteiger partial charge is 0.166 e. The second-order valence-electron chi connectivity index (χ2n) is 6.44. The Kier molecular flexibility index (Phi) is 4.75. The van der Waals surface area contributed by atoms with Crippen molar-refractivity contribution in [2.24, 2.45) is 0 Å². The van der Waals surface area contributed by atoms with E-state index < -0.39 is 0 Å². The Labute approximate surface area is 158 Å². The third kappa shape index (κ3) is 3.49. The SMILES string of the molecule is COc1cccc2c1C=C(c1ccccc1)C(CC(=O)c1ccccc1)O2. The molecule has 3 heteroatoms. The van der Waals surface area contributed by atoms with Crippen molar-refractivity contribution in [3.8, 4) is 11.5 Å². The molecule has 0 saturated carbocycles. The van der Waals surface area contributed by atoms with Crippen LogP contribution in [0.2, 0.25) is 0 Å². The fourth-order valence-electron chi connectivity index (χ4n) is 3.37. The van der Waals surface area contributed by atoms with Crippen molar-refractivity contribution in [3.63, 3.8) is 0 Å². The minimum absolute atomic E-state index is 0.0637. The summed E-state index contributed by atoms with van der Waals surface area (Å²) in [4.78, 5) is 12.8. The highest BCUT2D eigenvalue weighted by molar-refractivity contribution is 5.99. The molecule has 0 aromatic heterocycles. The zero-order chi connectivity index (χ0) is 18.6. The van der Waals surface area contributed by atoms with Gasteiger partial charge < -0.3 is 9.47 Å². The summed E-state index contributed by atoms with van der Waals surface area (Å²) >= 11 is 0. The molecule has 134 valence electrons. The van der Waals surface area contributed by atoms with E-state index in [2.05, 4.69) is 6.08 Å². The maximum atomic E-state index is 12.8. The van der Waals surface area contributed by atoms with Crippen LogP contribution >= 0.6 is 0 Å². The quantitative estimate of drug-likeness (QED) is 0.584. The molecule has 3 aromatic carbocycles. The van der Waals surface area contributed by atoms with Crippen LogP contribution in [0.3, 0.4) is 0 Å². The van der Waals surface area contributed by atoms with Gasteiger partial charge in [-0.2, -0.15) is 0 Å². The number of hydrogen-bond donors (Lipinski definition) is 0. The van der Waals surface area contributed by atoms with Crippen LogP contribution in [-0.4, -0.2) is 19.0 Å². The first-order valence-electron chi connectivity index (χ1n) is 8.95. The second kappa shape index (κ2) is 7.50. The Morgan fingerprint density at radius 3 is 2.33 bits per heavy atom. The third-order valence-electron chi connectivity index (χ3n) is 4.74. The van der Waals surface area contributed by atoms with E-state index in [9.17, 15) is 4.79 Å². The predicted molar refractivity (Wildman–Crippen MR) is 107 cm³/mol. The zero-order valence-electron chi connectivity index (χ0n) is 15.1. The standard InChI is InChI=1S/C24H20O3/c1-26-22-13-8-14-23-20(22)15-19(17-9-4-2-5-10-17)24(27-23)16-21(25)18-11-6-3-7-12-18/h2-15,24H,16H2,1H3. The van der Waals surface area contributed by atoms with Crippen LogP contribution in [0.1, 0.15) is 27.9 Å². The Morgan fingerprint density at radius 1 is 0.926 bits per heavy atom. The lowest BCUT2D eigenvalue weighted by Crippen LogP contribution is -2.25. The van der Waals surface area contributed by atoms with Crippen molar-refractivity contribution >= 4 is 17.4 Å². The number of ether oxygens (including phenoxy) is 2. The molecule has 0 amide bonds. The Balaban J connectivity index is 1.73. The van der Waals surface area contributed by atoms with E-state index in [-0.39, 0.29) is 18.3 Å². The van der Waals surface area contributed by atoms with Gasteiger partial charge in [-0.05, 0) is 23.8 Å². The summed E-state index contributed by atoms with van der Waals surface area (Å²) in [6.45, 7) is 0. The number of methoxy groups -OCH3 is 1. The highest BCUT2D eigenvalue weighted by Crippen LogP contribution is 2.40. The fraction of sp³-hybridized carbons (Fsp3) is 0.125. The van der Waals surface area contributed by atoms with Gasteiger partial charge in [0.1, 0.15) is 17.6 Å². The highest BCUT2D eigenvalue weighted by atomic mass is 16.5. The van der Waals surface area contributed by atoms with Gasteiger partial charge in [-0.15, -0.1) is 0 Å². The van der Waals surface area contributed by atoms with Gasteiger partial charge in [0.2, 0.25) is 0 Å². The summed E-state index contributed by atoms with van der Waals surface area (Å²) in [6.07, 6.45) is 2.01. The predicted octanol–water partition coefficient (Wildman–Crippen LogP) is 5.27. The summed E-state index contributed by atoms with van der Waals surface area (Å²) in [6, 6.07) is 25.1.